The summed E-state index contributed by atoms with van der Waals surface area (Å²) in [7, 11) is 0. The van der Waals surface area contributed by atoms with Gasteiger partial charge in [0, 0.05) is 28.2 Å². The predicted molar refractivity (Wildman–Crippen MR) is 151 cm³/mol. The Morgan fingerprint density at radius 2 is 1.35 bits per heavy atom. The molecule has 2 atom stereocenters. The molecule has 0 saturated carbocycles. The Labute approximate surface area is 216 Å². The molecule has 9 rings (SSSR count). The highest BCUT2D eigenvalue weighted by Crippen LogP contribution is 2.70. The molecule has 174 valence electrons. The Morgan fingerprint density at radius 3 is 2.22 bits per heavy atom. The van der Waals surface area contributed by atoms with Crippen LogP contribution in [0.3, 0.4) is 0 Å². The van der Waals surface area contributed by atoms with E-state index in [2.05, 4.69) is 117 Å². The van der Waals surface area contributed by atoms with Crippen molar-refractivity contribution in [2.45, 2.75) is 25.4 Å². The molecular weight excluding hydrogens is 448 g/mol. The number of para-hydroxylation sites is 1. The van der Waals surface area contributed by atoms with Crippen molar-refractivity contribution in [3.63, 3.8) is 0 Å². The second kappa shape index (κ2) is 6.49. The summed E-state index contributed by atoms with van der Waals surface area (Å²) < 4.78 is 7.33. The zero-order valence-corrected chi connectivity index (χ0v) is 20.8. The molecule has 1 spiro atoms. The normalized spacial score (nSPS) is 20.6. The first-order chi connectivity index (χ1) is 18.2. The van der Waals surface area contributed by atoms with Crippen LogP contribution in [0.5, 0.6) is 5.75 Å². The minimum Gasteiger partial charge on any atom is -0.472 e. The molecule has 0 aromatic heterocycles. The first kappa shape index (κ1) is 19.8. The van der Waals surface area contributed by atoms with Gasteiger partial charge in [-0.3, -0.25) is 0 Å². The number of benzene rings is 5. The summed E-state index contributed by atoms with van der Waals surface area (Å²) in [5.41, 5.74) is 17.9. The number of aryl methyl sites for hydroxylation is 1. The molecule has 1 aliphatic heterocycles. The highest BCUT2D eigenvalue weighted by Gasteiger charge is 2.59. The predicted octanol–water partition coefficient (Wildman–Crippen LogP) is 8.99. The van der Waals surface area contributed by atoms with E-state index in [1.54, 1.807) is 0 Å². The summed E-state index contributed by atoms with van der Waals surface area (Å²) in [5.74, 6) is 1.31. The number of ether oxygens (including phenoxy) is 1. The van der Waals surface area contributed by atoms with Gasteiger partial charge in [-0.25, -0.2) is 0 Å². The van der Waals surface area contributed by atoms with Gasteiger partial charge >= 0.3 is 0 Å². The van der Waals surface area contributed by atoms with E-state index >= 15 is 0 Å². The van der Waals surface area contributed by atoms with E-state index in [0.29, 0.717) is 5.92 Å². The molecule has 37 heavy (non-hydrogen) atoms. The van der Waals surface area contributed by atoms with Gasteiger partial charge < -0.3 is 4.74 Å². The first-order valence-corrected chi connectivity index (χ1v) is 13.2. The maximum Gasteiger partial charge on any atom is 0.187 e. The van der Waals surface area contributed by atoms with Crippen LogP contribution in [0.2, 0.25) is 0 Å². The van der Waals surface area contributed by atoms with Crippen molar-refractivity contribution >= 4 is 11.1 Å². The van der Waals surface area contributed by atoms with E-state index in [0.717, 1.165) is 5.75 Å². The molecule has 1 heteroatoms. The maximum absolute atomic E-state index is 7.33. The lowest BCUT2D eigenvalue weighted by Crippen LogP contribution is -2.39. The molecule has 3 aliphatic carbocycles. The molecule has 5 aromatic carbocycles. The van der Waals surface area contributed by atoms with E-state index in [-0.39, 0.29) is 0 Å². The molecule has 0 fully saturated rings. The third kappa shape index (κ3) is 2.15. The van der Waals surface area contributed by atoms with Gasteiger partial charge in [-0.1, -0.05) is 97.9 Å². The summed E-state index contributed by atoms with van der Waals surface area (Å²) in [5, 5.41) is 0. The maximum atomic E-state index is 7.33. The lowest BCUT2D eigenvalue weighted by atomic mass is 9.69. The molecule has 5 aromatic rings. The van der Waals surface area contributed by atoms with E-state index in [1.807, 2.05) is 0 Å². The summed E-state index contributed by atoms with van der Waals surface area (Å²) in [6.45, 7) is 4.62. The standard InChI is InChI=1S/C36H24O/c1-20-18-30-29(19-28(20)22-10-4-3-5-11-22)26-16-9-15-25-24-14-8-13-23-21(2)32-27-12-6-7-17-31(27)37-36(30,34(25)26)35(32)33(23)24/h3-19,21H,1-2H3. The quantitative estimate of drug-likeness (QED) is 0.236. The monoisotopic (exact) mass is 472 g/mol. The minimum absolute atomic E-state index is 0.318. The largest absolute Gasteiger partial charge is 0.472 e. The number of fused-ring (bicyclic) bond motifs is 5. The number of allylic oxidation sites excluding steroid dienone is 1. The van der Waals surface area contributed by atoms with Gasteiger partial charge in [0.2, 0.25) is 0 Å². The Balaban J connectivity index is 1.47. The van der Waals surface area contributed by atoms with Crippen LogP contribution in [0.4, 0.5) is 0 Å². The molecule has 0 radical (unpaired) electrons. The van der Waals surface area contributed by atoms with Crippen LogP contribution in [0.25, 0.3) is 44.5 Å². The highest BCUT2D eigenvalue weighted by atomic mass is 16.5. The lowest BCUT2D eigenvalue weighted by Gasteiger charge is -2.43. The minimum atomic E-state index is -0.626. The zero-order valence-electron chi connectivity index (χ0n) is 20.8. The van der Waals surface area contributed by atoms with Crippen molar-refractivity contribution in [3.8, 4) is 39.1 Å². The lowest BCUT2D eigenvalue weighted by molar-refractivity contribution is 0.176. The van der Waals surface area contributed by atoms with Gasteiger partial charge in [0.1, 0.15) is 5.75 Å². The Morgan fingerprint density at radius 1 is 0.649 bits per heavy atom. The third-order valence-corrected chi connectivity index (χ3v) is 9.13. The molecule has 2 unspecified atom stereocenters. The van der Waals surface area contributed by atoms with Gasteiger partial charge in [-0.2, -0.15) is 0 Å². The fraction of sp³-hybridized carbons (Fsp3) is 0.111. The van der Waals surface area contributed by atoms with Crippen molar-refractivity contribution in [2.75, 3.05) is 0 Å². The Hall–Kier alpha value is -4.36. The van der Waals surface area contributed by atoms with Crippen molar-refractivity contribution in [1.29, 1.82) is 0 Å². The number of hydrogen-bond acceptors (Lipinski definition) is 1. The zero-order chi connectivity index (χ0) is 24.5. The van der Waals surface area contributed by atoms with Gasteiger partial charge in [-0.15, -0.1) is 0 Å². The van der Waals surface area contributed by atoms with Gasteiger partial charge in [0.05, 0.1) is 0 Å². The smallest absolute Gasteiger partial charge is 0.187 e. The van der Waals surface area contributed by atoms with Crippen molar-refractivity contribution in [1.82, 2.24) is 0 Å². The average molecular weight is 473 g/mol. The second-order valence-corrected chi connectivity index (χ2v) is 10.9. The fourth-order valence-electron chi connectivity index (χ4n) is 7.70. The van der Waals surface area contributed by atoms with Crippen LogP contribution in [0.15, 0.2) is 103 Å². The van der Waals surface area contributed by atoms with Crippen molar-refractivity contribution in [2.24, 2.45) is 0 Å². The van der Waals surface area contributed by atoms with Crippen LogP contribution in [-0.2, 0) is 5.60 Å². The highest BCUT2D eigenvalue weighted by molar-refractivity contribution is 6.15. The third-order valence-electron chi connectivity index (χ3n) is 9.13. The Kier molecular flexibility index (Phi) is 3.47. The molecule has 0 saturated heterocycles. The van der Waals surface area contributed by atoms with Crippen LogP contribution < -0.4 is 4.74 Å². The molecule has 1 heterocycles. The average Bonchev–Trinajstić information content (AvgIpc) is 3.39. The molecule has 1 nitrogen and oxygen atoms in total. The van der Waals surface area contributed by atoms with Gasteiger partial charge in [0.15, 0.2) is 5.60 Å². The summed E-state index contributed by atoms with van der Waals surface area (Å²) >= 11 is 0. The molecule has 0 amide bonds. The SMILES string of the molecule is Cc1cc2c(cc1-c1ccccc1)-c1cccc3c1C21Oc2ccccc2C2=C1c1c-3cccc1C2C. The van der Waals surface area contributed by atoms with E-state index in [9.17, 15) is 0 Å². The van der Waals surface area contributed by atoms with Crippen LogP contribution in [0.1, 0.15) is 46.2 Å². The van der Waals surface area contributed by atoms with Crippen LogP contribution in [0, 0.1) is 6.92 Å². The Bertz CT molecular complexity index is 1870. The van der Waals surface area contributed by atoms with E-state index < -0.39 is 5.60 Å². The molecule has 0 bridgehead atoms. The van der Waals surface area contributed by atoms with Gasteiger partial charge in [0.25, 0.3) is 0 Å². The van der Waals surface area contributed by atoms with E-state index in [1.165, 1.54) is 77.9 Å². The summed E-state index contributed by atoms with van der Waals surface area (Å²) in [6.07, 6.45) is 0. The van der Waals surface area contributed by atoms with Crippen LogP contribution in [-0.4, -0.2) is 0 Å². The second-order valence-electron chi connectivity index (χ2n) is 10.9. The van der Waals surface area contributed by atoms with Crippen molar-refractivity contribution < 1.29 is 4.74 Å². The fourth-order valence-corrected chi connectivity index (χ4v) is 7.70. The van der Waals surface area contributed by atoms with Crippen molar-refractivity contribution in [3.05, 3.63) is 137 Å². The molecule has 4 aliphatic rings. The number of hydrogen-bond donors (Lipinski definition) is 0. The summed E-state index contributed by atoms with van der Waals surface area (Å²) in [6, 6.07) is 37.9. The topological polar surface area (TPSA) is 9.23 Å². The number of rotatable bonds is 1. The van der Waals surface area contributed by atoms with E-state index in [4.69, 9.17) is 4.74 Å². The first-order valence-electron chi connectivity index (χ1n) is 13.2. The summed E-state index contributed by atoms with van der Waals surface area (Å²) in [4.78, 5) is 0. The molecular formula is C36H24O. The van der Waals surface area contributed by atoms with Crippen LogP contribution >= 0.6 is 0 Å². The molecule has 0 N–H and O–H groups in total. The van der Waals surface area contributed by atoms with Gasteiger partial charge in [-0.05, 0) is 74.7 Å².